The van der Waals surface area contributed by atoms with Gasteiger partial charge in [-0.3, -0.25) is 4.79 Å². The van der Waals surface area contributed by atoms with Crippen LogP contribution >= 0.6 is 0 Å². The van der Waals surface area contributed by atoms with Gasteiger partial charge in [-0.1, -0.05) is 26.2 Å². The fraction of sp³-hybridized carbons (Fsp3) is 0.625. The van der Waals surface area contributed by atoms with E-state index in [1.54, 1.807) is 4.57 Å². The standard InChI is InChI=1S/C16H23NO3/c1-3-14-11(2)9-13(16(19)20)15(18)17(14)10-12-7-5-4-6-8-12/h9,12H,3-8,10H2,1-2H3,(H,19,20). The van der Waals surface area contributed by atoms with Crippen LogP contribution in [0, 0.1) is 12.8 Å². The van der Waals surface area contributed by atoms with Crippen molar-refractivity contribution in [2.75, 3.05) is 0 Å². The van der Waals surface area contributed by atoms with Crippen molar-refractivity contribution in [3.63, 3.8) is 0 Å². The first-order valence-corrected chi connectivity index (χ1v) is 7.51. The highest BCUT2D eigenvalue weighted by atomic mass is 16.4. The summed E-state index contributed by atoms with van der Waals surface area (Å²) in [6.07, 6.45) is 6.77. The number of carboxylic acids is 1. The van der Waals surface area contributed by atoms with Crippen LogP contribution in [-0.4, -0.2) is 15.6 Å². The van der Waals surface area contributed by atoms with Crippen molar-refractivity contribution in [2.24, 2.45) is 5.92 Å². The molecule has 0 atom stereocenters. The molecule has 0 unspecified atom stereocenters. The van der Waals surface area contributed by atoms with E-state index < -0.39 is 5.97 Å². The van der Waals surface area contributed by atoms with Gasteiger partial charge in [0.25, 0.3) is 5.56 Å². The third-order valence-corrected chi connectivity index (χ3v) is 4.35. The molecule has 110 valence electrons. The van der Waals surface area contributed by atoms with Gasteiger partial charge in [0.15, 0.2) is 0 Å². The van der Waals surface area contributed by atoms with Gasteiger partial charge in [-0.05, 0) is 43.7 Å². The highest BCUT2D eigenvalue weighted by molar-refractivity contribution is 5.87. The molecule has 1 N–H and O–H groups in total. The highest BCUT2D eigenvalue weighted by Crippen LogP contribution is 2.25. The summed E-state index contributed by atoms with van der Waals surface area (Å²) in [6, 6.07) is 1.51. The van der Waals surface area contributed by atoms with Gasteiger partial charge in [0.2, 0.25) is 0 Å². The lowest BCUT2D eigenvalue weighted by Crippen LogP contribution is -2.32. The van der Waals surface area contributed by atoms with Crippen molar-refractivity contribution in [2.45, 2.75) is 58.9 Å². The monoisotopic (exact) mass is 277 g/mol. The number of rotatable bonds is 4. The second-order valence-electron chi connectivity index (χ2n) is 5.77. The summed E-state index contributed by atoms with van der Waals surface area (Å²) in [5, 5.41) is 9.17. The number of hydrogen-bond donors (Lipinski definition) is 1. The van der Waals surface area contributed by atoms with Crippen molar-refractivity contribution in [1.29, 1.82) is 0 Å². The molecule has 1 fully saturated rings. The van der Waals surface area contributed by atoms with E-state index in [0.717, 1.165) is 30.5 Å². The van der Waals surface area contributed by atoms with Gasteiger partial charge in [0.05, 0.1) is 0 Å². The molecule has 0 amide bonds. The number of pyridine rings is 1. The number of aryl methyl sites for hydroxylation is 1. The lowest BCUT2D eigenvalue weighted by Gasteiger charge is -2.24. The Labute approximate surface area is 119 Å². The number of carbonyl (C=O) groups is 1. The topological polar surface area (TPSA) is 59.3 Å². The molecule has 0 aliphatic heterocycles. The molecule has 4 heteroatoms. The summed E-state index contributed by atoms with van der Waals surface area (Å²) < 4.78 is 1.72. The Morgan fingerprint density at radius 3 is 2.55 bits per heavy atom. The minimum absolute atomic E-state index is 0.101. The molecule has 1 heterocycles. The van der Waals surface area contributed by atoms with Crippen LogP contribution in [-0.2, 0) is 13.0 Å². The summed E-state index contributed by atoms with van der Waals surface area (Å²) in [6.45, 7) is 4.58. The van der Waals surface area contributed by atoms with Gasteiger partial charge in [0, 0.05) is 12.2 Å². The van der Waals surface area contributed by atoms with Gasteiger partial charge in [0.1, 0.15) is 5.56 Å². The summed E-state index contributed by atoms with van der Waals surface area (Å²) in [4.78, 5) is 23.6. The van der Waals surface area contributed by atoms with Gasteiger partial charge in [-0.15, -0.1) is 0 Å². The van der Waals surface area contributed by atoms with E-state index in [-0.39, 0.29) is 11.1 Å². The van der Waals surface area contributed by atoms with Crippen LogP contribution in [0.1, 0.15) is 60.6 Å². The van der Waals surface area contributed by atoms with Crippen LogP contribution in [0.25, 0.3) is 0 Å². The SMILES string of the molecule is CCc1c(C)cc(C(=O)O)c(=O)n1CC1CCCCC1. The normalized spacial score (nSPS) is 16.3. The first-order valence-electron chi connectivity index (χ1n) is 7.51. The quantitative estimate of drug-likeness (QED) is 0.920. The maximum Gasteiger partial charge on any atom is 0.341 e. The maximum absolute atomic E-state index is 12.4. The molecule has 2 rings (SSSR count). The van der Waals surface area contributed by atoms with E-state index in [2.05, 4.69) is 0 Å². The molecule has 1 aliphatic rings. The van der Waals surface area contributed by atoms with Crippen LogP contribution in [0.15, 0.2) is 10.9 Å². The summed E-state index contributed by atoms with van der Waals surface area (Å²) in [5.74, 6) is -0.617. The average Bonchev–Trinajstić information content (AvgIpc) is 2.43. The number of carboxylic acid groups (broad SMARTS) is 1. The van der Waals surface area contributed by atoms with Crippen LogP contribution in [0.4, 0.5) is 0 Å². The van der Waals surface area contributed by atoms with Crippen molar-refractivity contribution in [3.8, 4) is 0 Å². The number of aromatic nitrogens is 1. The molecule has 0 radical (unpaired) electrons. The Hall–Kier alpha value is -1.58. The van der Waals surface area contributed by atoms with Crippen molar-refractivity contribution >= 4 is 5.97 Å². The smallest absolute Gasteiger partial charge is 0.341 e. The second kappa shape index (κ2) is 6.25. The zero-order valence-corrected chi connectivity index (χ0v) is 12.3. The lowest BCUT2D eigenvalue weighted by atomic mass is 9.89. The van der Waals surface area contributed by atoms with E-state index in [0.29, 0.717) is 12.5 Å². The third-order valence-electron chi connectivity index (χ3n) is 4.35. The minimum Gasteiger partial charge on any atom is -0.477 e. The Morgan fingerprint density at radius 2 is 2.00 bits per heavy atom. The van der Waals surface area contributed by atoms with E-state index >= 15 is 0 Å². The molecule has 1 aliphatic carbocycles. The van der Waals surface area contributed by atoms with E-state index in [1.165, 1.54) is 25.3 Å². The largest absolute Gasteiger partial charge is 0.477 e. The second-order valence-corrected chi connectivity index (χ2v) is 5.77. The molecule has 1 aromatic heterocycles. The van der Waals surface area contributed by atoms with Crippen molar-refractivity contribution in [1.82, 2.24) is 4.57 Å². The Balaban J connectivity index is 2.42. The van der Waals surface area contributed by atoms with Gasteiger partial charge >= 0.3 is 5.97 Å². The predicted molar refractivity (Wildman–Crippen MR) is 78.4 cm³/mol. The maximum atomic E-state index is 12.4. The Bertz CT molecular complexity index is 554. The summed E-state index contributed by atoms with van der Waals surface area (Å²) in [5.41, 5.74) is 1.44. The van der Waals surface area contributed by atoms with E-state index in [4.69, 9.17) is 0 Å². The molecule has 1 aromatic rings. The van der Waals surface area contributed by atoms with Crippen LogP contribution in [0.2, 0.25) is 0 Å². The Morgan fingerprint density at radius 1 is 1.35 bits per heavy atom. The van der Waals surface area contributed by atoms with Crippen LogP contribution in [0.3, 0.4) is 0 Å². The highest BCUT2D eigenvalue weighted by Gasteiger charge is 2.20. The van der Waals surface area contributed by atoms with Gasteiger partial charge in [-0.2, -0.15) is 0 Å². The van der Waals surface area contributed by atoms with Gasteiger partial charge < -0.3 is 9.67 Å². The molecule has 20 heavy (non-hydrogen) atoms. The summed E-state index contributed by atoms with van der Waals surface area (Å²) >= 11 is 0. The average molecular weight is 277 g/mol. The third kappa shape index (κ3) is 2.94. The Kier molecular flexibility index (Phi) is 4.63. The minimum atomic E-state index is -1.13. The fourth-order valence-corrected chi connectivity index (χ4v) is 3.29. The molecule has 0 saturated heterocycles. The van der Waals surface area contributed by atoms with Crippen molar-refractivity contribution in [3.05, 3.63) is 33.2 Å². The zero-order valence-electron chi connectivity index (χ0n) is 12.3. The fourth-order valence-electron chi connectivity index (χ4n) is 3.29. The molecule has 0 spiro atoms. The molecular formula is C16H23NO3. The lowest BCUT2D eigenvalue weighted by molar-refractivity contribution is 0.0693. The molecule has 0 bridgehead atoms. The first-order chi connectivity index (χ1) is 9.54. The molecule has 0 aromatic carbocycles. The van der Waals surface area contributed by atoms with Crippen LogP contribution < -0.4 is 5.56 Å². The van der Waals surface area contributed by atoms with E-state index in [1.807, 2.05) is 13.8 Å². The van der Waals surface area contributed by atoms with Gasteiger partial charge in [-0.25, -0.2) is 4.79 Å². The van der Waals surface area contributed by atoms with Crippen molar-refractivity contribution < 1.29 is 9.90 Å². The first kappa shape index (κ1) is 14.8. The predicted octanol–water partition coefficient (Wildman–Crippen LogP) is 3.00. The van der Waals surface area contributed by atoms with E-state index in [9.17, 15) is 14.7 Å². The zero-order chi connectivity index (χ0) is 14.7. The number of nitrogens with zero attached hydrogens (tertiary/aromatic N) is 1. The van der Waals surface area contributed by atoms with Crippen LogP contribution in [0.5, 0.6) is 0 Å². The number of hydrogen-bond acceptors (Lipinski definition) is 2. The number of aromatic carboxylic acids is 1. The summed E-state index contributed by atoms with van der Waals surface area (Å²) in [7, 11) is 0. The molecular weight excluding hydrogens is 254 g/mol. The molecule has 1 saturated carbocycles. The molecule has 4 nitrogen and oxygen atoms in total.